The quantitative estimate of drug-likeness (QED) is 0.525. The van der Waals surface area contributed by atoms with Crippen molar-refractivity contribution in [3.05, 3.63) is 35.2 Å². The van der Waals surface area contributed by atoms with E-state index in [0.717, 1.165) is 50.9 Å². The van der Waals surface area contributed by atoms with Gasteiger partial charge in [-0.05, 0) is 45.0 Å². The van der Waals surface area contributed by atoms with Gasteiger partial charge in [-0.1, -0.05) is 16.8 Å². The van der Waals surface area contributed by atoms with Gasteiger partial charge in [-0.3, -0.25) is 4.90 Å². The molecule has 1 aliphatic heterocycles. The van der Waals surface area contributed by atoms with Crippen molar-refractivity contribution in [2.24, 2.45) is 4.99 Å². The lowest BCUT2D eigenvalue weighted by molar-refractivity contribution is -0.00834. The van der Waals surface area contributed by atoms with Crippen molar-refractivity contribution in [2.75, 3.05) is 39.4 Å². The fourth-order valence-electron chi connectivity index (χ4n) is 3.10. The van der Waals surface area contributed by atoms with Crippen LogP contribution in [0.4, 0.5) is 0 Å². The van der Waals surface area contributed by atoms with Crippen LogP contribution >= 0.6 is 11.6 Å². The van der Waals surface area contributed by atoms with E-state index in [0.29, 0.717) is 23.3 Å². The summed E-state index contributed by atoms with van der Waals surface area (Å²) in [6.07, 6.45) is 0. The monoisotopic (exact) mass is 420 g/mol. The summed E-state index contributed by atoms with van der Waals surface area (Å²) in [7, 11) is 0. The summed E-state index contributed by atoms with van der Waals surface area (Å²) in [4.78, 5) is 11.4. The Morgan fingerprint density at radius 3 is 2.62 bits per heavy atom. The highest BCUT2D eigenvalue weighted by Crippen LogP contribution is 2.19. The van der Waals surface area contributed by atoms with Gasteiger partial charge in [0.2, 0.25) is 11.7 Å². The third kappa shape index (κ3) is 6.16. The fourth-order valence-corrected chi connectivity index (χ4v) is 3.23. The number of hydrogen-bond acceptors (Lipinski definition) is 6. The second kappa shape index (κ2) is 10.0. The lowest BCUT2D eigenvalue weighted by Crippen LogP contribution is -2.56. The minimum atomic E-state index is -0.00773. The van der Waals surface area contributed by atoms with Crippen molar-refractivity contribution in [2.45, 2.75) is 32.9 Å². The highest BCUT2D eigenvalue weighted by atomic mass is 35.5. The Kier molecular flexibility index (Phi) is 7.46. The molecule has 2 N–H and O–H groups in total. The highest BCUT2D eigenvalue weighted by Gasteiger charge is 2.28. The van der Waals surface area contributed by atoms with Gasteiger partial charge < -0.3 is 19.9 Å². The molecule has 1 aromatic carbocycles. The molecule has 0 amide bonds. The van der Waals surface area contributed by atoms with Crippen molar-refractivity contribution in [1.29, 1.82) is 0 Å². The Bertz CT molecular complexity index is 800. The SMILES string of the molecule is CCNC(=NCc1nc(-c2ccc(Cl)cc2)no1)NCC(C)(C)N1CCOCC1. The maximum atomic E-state index is 5.92. The average Bonchev–Trinajstić information content (AvgIpc) is 3.20. The minimum absolute atomic E-state index is 0.00773. The van der Waals surface area contributed by atoms with E-state index >= 15 is 0 Å². The molecule has 0 bridgehead atoms. The molecule has 0 spiro atoms. The molecule has 0 radical (unpaired) electrons. The number of nitrogens with one attached hydrogen (secondary N) is 2. The molecule has 0 aliphatic carbocycles. The molecule has 9 heteroatoms. The maximum Gasteiger partial charge on any atom is 0.248 e. The molecule has 3 rings (SSSR count). The number of nitrogens with zero attached hydrogens (tertiary/aromatic N) is 4. The van der Waals surface area contributed by atoms with E-state index in [2.05, 4.69) is 44.5 Å². The Hall–Kier alpha value is -2.16. The van der Waals surface area contributed by atoms with E-state index in [4.69, 9.17) is 20.9 Å². The number of hydrogen-bond donors (Lipinski definition) is 2. The molecule has 1 aromatic heterocycles. The summed E-state index contributed by atoms with van der Waals surface area (Å²) in [5.41, 5.74) is 0.845. The van der Waals surface area contributed by atoms with Crippen LogP contribution in [0.15, 0.2) is 33.8 Å². The van der Waals surface area contributed by atoms with E-state index < -0.39 is 0 Å². The summed E-state index contributed by atoms with van der Waals surface area (Å²) in [6.45, 7) is 11.8. The predicted molar refractivity (Wildman–Crippen MR) is 114 cm³/mol. The summed E-state index contributed by atoms with van der Waals surface area (Å²) in [6, 6.07) is 7.32. The Morgan fingerprint density at radius 2 is 1.93 bits per heavy atom. The molecule has 1 saturated heterocycles. The van der Waals surface area contributed by atoms with Crippen molar-refractivity contribution < 1.29 is 9.26 Å². The molecule has 0 unspecified atom stereocenters. The molecule has 1 aliphatic rings. The van der Waals surface area contributed by atoms with Crippen LogP contribution < -0.4 is 10.6 Å². The maximum absolute atomic E-state index is 5.92. The standard InChI is InChI=1S/C20H29ClN6O2/c1-4-22-19(24-14-20(2,3)27-9-11-28-12-10-27)23-13-17-25-18(26-29-17)15-5-7-16(21)8-6-15/h5-8H,4,9-14H2,1-3H3,(H2,22,23,24). The first-order chi connectivity index (χ1) is 14.0. The van der Waals surface area contributed by atoms with Gasteiger partial charge in [0.05, 0.1) is 13.2 Å². The number of morpholine rings is 1. The van der Waals surface area contributed by atoms with Crippen molar-refractivity contribution >= 4 is 17.6 Å². The number of benzene rings is 1. The smallest absolute Gasteiger partial charge is 0.248 e. The molecule has 0 atom stereocenters. The highest BCUT2D eigenvalue weighted by molar-refractivity contribution is 6.30. The first kappa shape index (κ1) is 21.5. The predicted octanol–water partition coefficient (Wildman–Crippen LogP) is 2.56. The van der Waals surface area contributed by atoms with Crippen LogP contribution in [0.1, 0.15) is 26.7 Å². The second-order valence-corrected chi connectivity index (χ2v) is 7.92. The van der Waals surface area contributed by atoms with Crippen LogP contribution in [-0.4, -0.2) is 65.9 Å². The van der Waals surface area contributed by atoms with Crippen LogP contribution in [0.5, 0.6) is 0 Å². The molecule has 1 fully saturated rings. The molecule has 8 nitrogen and oxygen atoms in total. The number of rotatable bonds is 7. The number of aliphatic imine (C=N–C) groups is 1. The summed E-state index contributed by atoms with van der Waals surface area (Å²) < 4.78 is 10.8. The van der Waals surface area contributed by atoms with Crippen LogP contribution in [-0.2, 0) is 11.3 Å². The van der Waals surface area contributed by atoms with Crippen LogP contribution in [0.2, 0.25) is 5.02 Å². The van der Waals surface area contributed by atoms with Gasteiger partial charge in [0.25, 0.3) is 0 Å². The summed E-state index contributed by atoms with van der Waals surface area (Å²) in [5.74, 6) is 1.71. The first-order valence-corrected chi connectivity index (χ1v) is 10.3. The van der Waals surface area contributed by atoms with Gasteiger partial charge in [-0.2, -0.15) is 4.98 Å². The lowest BCUT2D eigenvalue weighted by atomic mass is 10.0. The average molecular weight is 421 g/mol. The number of aromatic nitrogens is 2. The first-order valence-electron chi connectivity index (χ1n) is 9.91. The Labute approximate surface area is 176 Å². The fraction of sp³-hybridized carbons (Fsp3) is 0.550. The summed E-state index contributed by atoms with van der Waals surface area (Å²) >= 11 is 5.92. The molecular formula is C20H29ClN6O2. The molecular weight excluding hydrogens is 392 g/mol. The zero-order valence-electron chi connectivity index (χ0n) is 17.2. The number of ether oxygens (including phenoxy) is 1. The largest absolute Gasteiger partial charge is 0.379 e. The van der Waals surface area contributed by atoms with Crippen LogP contribution in [0.3, 0.4) is 0 Å². The van der Waals surface area contributed by atoms with Gasteiger partial charge in [0.15, 0.2) is 5.96 Å². The zero-order chi connectivity index (χ0) is 20.7. The normalized spacial score (nSPS) is 16.1. The molecule has 158 valence electrons. The summed E-state index contributed by atoms with van der Waals surface area (Å²) in [5, 5.41) is 11.4. The van der Waals surface area contributed by atoms with Gasteiger partial charge in [-0.25, -0.2) is 4.99 Å². The molecule has 2 aromatic rings. The van der Waals surface area contributed by atoms with Crippen molar-refractivity contribution in [3.8, 4) is 11.4 Å². The van der Waals surface area contributed by atoms with Gasteiger partial charge in [0.1, 0.15) is 6.54 Å². The molecule has 0 saturated carbocycles. The number of guanidine groups is 1. The topological polar surface area (TPSA) is 87.8 Å². The van der Waals surface area contributed by atoms with E-state index in [1.165, 1.54) is 0 Å². The van der Waals surface area contributed by atoms with Crippen molar-refractivity contribution in [3.63, 3.8) is 0 Å². The van der Waals surface area contributed by atoms with Crippen molar-refractivity contribution in [1.82, 2.24) is 25.7 Å². The molecule has 2 heterocycles. The van der Waals surface area contributed by atoms with E-state index in [-0.39, 0.29) is 5.54 Å². The van der Waals surface area contributed by atoms with Gasteiger partial charge >= 0.3 is 0 Å². The van der Waals surface area contributed by atoms with Crippen LogP contribution in [0.25, 0.3) is 11.4 Å². The van der Waals surface area contributed by atoms with Crippen LogP contribution in [0, 0.1) is 0 Å². The Balaban J connectivity index is 1.59. The van der Waals surface area contributed by atoms with Gasteiger partial charge in [0, 0.05) is 42.3 Å². The van der Waals surface area contributed by atoms with E-state index in [9.17, 15) is 0 Å². The second-order valence-electron chi connectivity index (χ2n) is 7.48. The minimum Gasteiger partial charge on any atom is -0.379 e. The molecule has 29 heavy (non-hydrogen) atoms. The third-order valence-electron chi connectivity index (χ3n) is 4.84. The zero-order valence-corrected chi connectivity index (χ0v) is 18.0. The number of halogens is 1. The lowest BCUT2D eigenvalue weighted by Gasteiger charge is -2.41. The van der Waals surface area contributed by atoms with E-state index in [1.54, 1.807) is 12.1 Å². The van der Waals surface area contributed by atoms with Gasteiger partial charge in [-0.15, -0.1) is 0 Å². The van der Waals surface area contributed by atoms with E-state index in [1.807, 2.05) is 19.1 Å². The third-order valence-corrected chi connectivity index (χ3v) is 5.09. The Morgan fingerprint density at radius 1 is 1.21 bits per heavy atom.